The van der Waals surface area contributed by atoms with E-state index in [1.54, 1.807) is 31.4 Å². The topological polar surface area (TPSA) is 69.4 Å². The third-order valence-corrected chi connectivity index (χ3v) is 4.47. The first-order chi connectivity index (χ1) is 11.9. The average Bonchev–Trinajstić information content (AvgIpc) is 3.01. The molecule has 3 aromatic rings. The highest BCUT2D eigenvalue weighted by molar-refractivity contribution is 7.13. The van der Waals surface area contributed by atoms with Gasteiger partial charge in [-0.1, -0.05) is 0 Å². The van der Waals surface area contributed by atoms with Crippen LogP contribution in [0.4, 0.5) is 4.39 Å². The molecule has 0 atom stereocenters. The van der Waals surface area contributed by atoms with Gasteiger partial charge in [0.05, 0.1) is 5.69 Å². The number of carbonyl (C=O) groups excluding carboxylic acids is 1. The summed E-state index contributed by atoms with van der Waals surface area (Å²) >= 11 is 1.38. The van der Waals surface area contributed by atoms with Crippen LogP contribution in [0.25, 0.3) is 10.6 Å². The number of thiazole rings is 1. The Kier molecular flexibility index (Phi) is 4.76. The lowest BCUT2D eigenvalue weighted by Gasteiger charge is -2.07. The summed E-state index contributed by atoms with van der Waals surface area (Å²) in [5.41, 5.74) is 1.62. The van der Waals surface area contributed by atoms with Gasteiger partial charge in [0.25, 0.3) is 0 Å². The fraction of sp³-hybridized carbons (Fsp3) is 0.167. The van der Waals surface area contributed by atoms with Crippen LogP contribution >= 0.6 is 11.3 Å². The molecule has 0 N–H and O–H groups in total. The highest BCUT2D eigenvalue weighted by Crippen LogP contribution is 2.24. The van der Waals surface area contributed by atoms with Crippen molar-refractivity contribution in [1.29, 1.82) is 0 Å². The van der Waals surface area contributed by atoms with Crippen molar-refractivity contribution in [2.75, 3.05) is 0 Å². The molecule has 3 rings (SSSR count). The fourth-order valence-corrected chi connectivity index (χ4v) is 3.18. The van der Waals surface area contributed by atoms with Gasteiger partial charge in [0.1, 0.15) is 28.8 Å². The number of hydrogen-bond acceptors (Lipinski definition) is 6. The third-order valence-electron chi connectivity index (χ3n) is 3.53. The molecule has 25 heavy (non-hydrogen) atoms. The quantitative estimate of drug-likeness (QED) is 0.661. The van der Waals surface area contributed by atoms with Gasteiger partial charge in [-0.3, -0.25) is 0 Å². The first kappa shape index (κ1) is 17.0. The van der Waals surface area contributed by atoms with Crippen LogP contribution in [-0.2, 0) is 11.3 Å². The summed E-state index contributed by atoms with van der Waals surface area (Å²) in [7, 11) is 0. The molecule has 0 unspecified atom stereocenters. The normalized spacial score (nSPS) is 10.7. The zero-order chi connectivity index (χ0) is 18.0. The van der Waals surface area contributed by atoms with E-state index in [1.165, 1.54) is 29.5 Å². The van der Waals surface area contributed by atoms with Crippen LogP contribution in [0.1, 0.15) is 27.4 Å². The number of halogens is 1. The summed E-state index contributed by atoms with van der Waals surface area (Å²) in [6.45, 7) is 3.19. The summed E-state index contributed by atoms with van der Waals surface area (Å²) < 4.78 is 23.2. The Hall–Kier alpha value is -2.80. The summed E-state index contributed by atoms with van der Waals surface area (Å²) in [5, 5.41) is 2.49. The molecule has 2 aromatic heterocycles. The van der Waals surface area contributed by atoms with Crippen molar-refractivity contribution in [3.63, 3.8) is 0 Å². The number of nitrogens with zero attached hydrogens (tertiary/aromatic N) is 1. The highest BCUT2D eigenvalue weighted by atomic mass is 32.1. The van der Waals surface area contributed by atoms with Crippen LogP contribution in [0.15, 0.2) is 44.9 Å². The molecule has 0 aliphatic heterocycles. The second-order valence-corrected chi connectivity index (χ2v) is 6.26. The second kappa shape index (κ2) is 6.98. The minimum atomic E-state index is -0.574. The Morgan fingerprint density at radius 2 is 2.00 bits per heavy atom. The van der Waals surface area contributed by atoms with Crippen LogP contribution in [0, 0.1) is 19.7 Å². The van der Waals surface area contributed by atoms with E-state index in [1.807, 2.05) is 0 Å². The van der Waals surface area contributed by atoms with Gasteiger partial charge in [-0.15, -0.1) is 11.3 Å². The predicted molar refractivity (Wildman–Crippen MR) is 91.1 cm³/mol. The zero-order valence-electron chi connectivity index (χ0n) is 13.5. The molecule has 7 heteroatoms. The standard InChI is InChI=1S/C18H14FNO4S/c1-10-7-15(21)24-11(2)16(10)18(22)23-8-14-9-25-17(20-14)12-3-5-13(19)6-4-12/h3-7,9H,8H2,1-2H3. The summed E-state index contributed by atoms with van der Waals surface area (Å²) in [4.78, 5) is 27.9. The highest BCUT2D eigenvalue weighted by Gasteiger charge is 2.17. The maximum atomic E-state index is 13.0. The first-order valence-electron chi connectivity index (χ1n) is 7.43. The molecule has 5 nitrogen and oxygen atoms in total. The zero-order valence-corrected chi connectivity index (χ0v) is 14.4. The number of rotatable bonds is 4. The molecule has 0 aliphatic carbocycles. The second-order valence-electron chi connectivity index (χ2n) is 5.41. The van der Waals surface area contributed by atoms with Crippen LogP contribution < -0.4 is 5.63 Å². The molecular formula is C18H14FNO4S. The van der Waals surface area contributed by atoms with Crippen molar-refractivity contribution in [3.8, 4) is 10.6 Å². The molecule has 0 saturated carbocycles. The van der Waals surface area contributed by atoms with Crippen molar-refractivity contribution < 1.29 is 18.3 Å². The van der Waals surface area contributed by atoms with E-state index in [9.17, 15) is 14.0 Å². The van der Waals surface area contributed by atoms with Gasteiger partial charge in [0.2, 0.25) is 0 Å². The van der Waals surface area contributed by atoms with Gasteiger partial charge in [0.15, 0.2) is 0 Å². The van der Waals surface area contributed by atoms with E-state index < -0.39 is 11.6 Å². The molecule has 0 aliphatic rings. The number of hydrogen-bond donors (Lipinski definition) is 0. The Bertz CT molecular complexity index is 949. The molecule has 0 fully saturated rings. The van der Waals surface area contributed by atoms with Crippen LogP contribution in [-0.4, -0.2) is 11.0 Å². The van der Waals surface area contributed by atoms with Gasteiger partial charge >= 0.3 is 11.6 Å². The van der Waals surface area contributed by atoms with Crippen LogP contribution in [0.5, 0.6) is 0 Å². The fourth-order valence-electron chi connectivity index (χ4n) is 2.37. The van der Waals surface area contributed by atoms with Gasteiger partial charge in [-0.25, -0.2) is 19.0 Å². The molecule has 2 heterocycles. The minimum Gasteiger partial charge on any atom is -0.455 e. The Balaban J connectivity index is 1.71. The van der Waals surface area contributed by atoms with E-state index in [4.69, 9.17) is 9.15 Å². The molecule has 128 valence electrons. The largest absolute Gasteiger partial charge is 0.455 e. The summed E-state index contributed by atoms with van der Waals surface area (Å²) in [6, 6.07) is 7.26. The van der Waals surface area contributed by atoms with Crippen LogP contribution in [0.2, 0.25) is 0 Å². The van der Waals surface area contributed by atoms with E-state index in [2.05, 4.69) is 4.98 Å². The Morgan fingerprint density at radius 3 is 2.68 bits per heavy atom. The molecule has 0 bridgehead atoms. The van der Waals surface area contributed by atoms with E-state index in [-0.39, 0.29) is 23.7 Å². The summed E-state index contributed by atoms with van der Waals surface area (Å²) in [5.74, 6) is -0.662. The molecule has 0 radical (unpaired) electrons. The lowest BCUT2D eigenvalue weighted by molar-refractivity contribution is 0.0463. The molecule has 0 spiro atoms. The lowest BCUT2D eigenvalue weighted by Crippen LogP contribution is -2.12. The molecule has 0 saturated heterocycles. The number of esters is 1. The van der Waals surface area contributed by atoms with Gasteiger partial charge in [-0.05, 0) is 43.7 Å². The lowest BCUT2D eigenvalue weighted by atomic mass is 10.1. The van der Waals surface area contributed by atoms with Gasteiger partial charge < -0.3 is 9.15 Å². The maximum Gasteiger partial charge on any atom is 0.342 e. The Labute approximate surface area is 146 Å². The van der Waals surface area contributed by atoms with E-state index in [0.29, 0.717) is 16.3 Å². The number of aryl methyl sites for hydroxylation is 2. The molecule has 0 amide bonds. The van der Waals surface area contributed by atoms with Crippen molar-refractivity contribution in [2.24, 2.45) is 0 Å². The first-order valence-corrected chi connectivity index (χ1v) is 8.31. The van der Waals surface area contributed by atoms with Crippen molar-refractivity contribution >= 4 is 17.3 Å². The number of benzene rings is 1. The van der Waals surface area contributed by atoms with Crippen molar-refractivity contribution in [1.82, 2.24) is 4.98 Å². The van der Waals surface area contributed by atoms with E-state index >= 15 is 0 Å². The maximum absolute atomic E-state index is 13.0. The molecular weight excluding hydrogens is 345 g/mol. The number of ether oxygens (including phenoxy) is 1. The third kappa shape index (κ3) is 3.83. The van der Waals surface area contributed by atoms with E-state index in [0.717, 1.165) is 5.56 Å². The van der Waals surface area contributed by atoms with Gasteiger partial charge in [-0.2, -0.15) is 0 Å². The minimum absolute atomic E-state index is 0.00542. The summed E-state index contributed by atoms with van der Waals surface area (Å²) in [6.07, 6.45) is 0. The SMILES string of the molecule is Cc1cc(=O)oc(C)c1C(=O)OCc1csc(-c2ccc(F)cc2)n1. The Morgan fingerprint density at radius 1 is 1.28 bits per heavy atom. The van der Waals surface area contributed by atoms with Crippen LogP contribution in [0.3, 0.4) is 0 Å². The number of aromatic nitrogens is 1. The number of carbonyl (C=O) groups is 1. The monoisotopic (exact) mass is 359 g/mol. The van der Waals surface area contributed by atoms with Crippen molar-refractivity contribution in [3.05, 3.63) is 74.5 Å². The predicted octanol–water partition coefficient (Wildman–Crippen LogP) is 3.88. The smallest absolute Gasteiger partial charge is 0.342 e. The van der Waals surface area contributed by atoms with Crippen molar-refractivity contribution in [2.45, 2.75) is 20.5 Å². The van der Waals surface area contributed by atoms with Gasteiger partial charge in [0, 0.05) is 17.0 Å². The molecule has 1 aromatic carbocycles. The average molecular weight is 359 g/mol.